The molecular weight excluding hydrogens is 325 g/mol. The molecule has 3 aromatic rings. The van der Waals surface area contributed by atoms with E-state index in [0.29, 0.717) is 36.1 Å². The van der Waals surface area contributed by atoms with Crippen molar-refractivity contribution >= 4 is 10.8 Å². The molecule has 3 aromatic carbocycles. The highest BCUT2D eigenvalue weighted by Crippen LogP contribution is 2.33. The minimum atomic E-state index is -1.12. The molecule has 0 atom stereocenters. The summed E-state index contributed by atoms with van der Waals surface area (Å²) in [7, 11) is 0. The summed E-state index contributed by atoms with van der Waals surface area (Å²) in [5.74, 6) is -2.15. The average Bonchev–Trinajstić information content (AvgIpc) is 2.61. The van der Waals surface area contributed by atoms with Crippen LogP contribution in [0.2, 0.25) is 0 Å². The van der Waals surface area contributed by atoms with Crippen LogP contribution in [0.1, 0.15) is 25.8 Å². The Balaban J connectivity index is 2.13. The topological polar surface area (TPSA) is 9.23 Å². The van der Waals surface area contributed by atoms with E-state index in [9.17, 15) is 13.2 Å². The van der Waals surface area contributed by atoms with Crippen molar-refractivity contribution in [3.8, 4) is 16.9 Å². The molecule has 1 nitrogen and oxygen atoms in total. The molecule has 0 heterocycles. The zero-order chi connectivity index (χ0) is 18.0. The summed E-state index contributed by atoms with van der Waals surface area (Å²) in [6.07, 6.45) is 1.11. The number of hydrogen-bond acceptors (Lipinski definition) is 1. The Kier molecular flexibility index (Phi) is 4.98. The molecule has 0 N–H and O–H groups in total. The Morgan fingerprint density at radius 1 is 0.840 bits per heavy atom. The second-order valence-corrected chi connectivity index (χ2v) is 5.90. The number of hydrogen-bond donors (Lipinski definition) is 0. The molecule has 0 saturated carbocycles. The number of aryl methyl sites for hydroxylation is 1. The van der Waals surface area contributed by atoms with E-state index < -0.39 is 17.5 Å². The minimum absolute atomic E-state index is 0.233. The van der Waals surface area contributed by atoms with Crippen molar-refractivity contribution in [1.82, 2.24) is 0 Å². The largest absolute Gasteiger partial charge is 0.494 e. The zero-order valence-electron chi connectivity index (χ0n) is 14.2. The van der Waals surface area contributed by atoms with Crippen LogP contribution in [0.25, 0.3) is 21.9 Å². The molecule has 0 saturated heterocycles. The summed E-state index contributed by atoms with van der Waals surface area (Å²) < 4.78 is 49.0. The van der Waals surface area contributed by atoms with Gasteiger partial charge in [-0.3, -0.25) is 0 Å². The van der Waals surface area contributed by atoms with Crippen LogP contribution in [-0.2, 0) is 6.42 Å². The Labute approximate surface area is 145 Å². The Hall–Kier alpha value is -2.49. The highest BCUT2D eigenvalue weighted by atomic mass is 19.2. The molecule has 3 rings (SSSR count). The van der Waals surface area contributed by atoms with E-state index in [-0.39, 0.29) is 16.5 Å². The fourth-order valence-corrected chi connectivity index (χ4v) is 3.01. The van der Waals surface area contributed by atoms with E-state index >= 15 is 0 Å². The Morgan fingerprint density at radius 3 is 2.20 bits per heavy atom. The lowest BCUT2D eigenvalue weighted by molar-refractivity contribution is 0.340. The predicted molar refractivity (Wildman–Crippen MR) is 94.4 cm³/mol. The van der Waals surface area contributed by atoms with Crippen molar-refractivity contribution < 1.29 is 17.9 Å². The van der Waals surface area contributed by atoms with Gasteiger partial charge in [0.2, 0.25) is 0 Å². The smallest absolute Gasteiger partial charge is 0.169 e. The maximum atomic E-state index is 14.9. The first-order valence-electron chi connectivity index (χ1n) is 8.39. The van der Waals surface area contributed by atoms with Crippen LogP contribution in [0.15, 0.2) is 42.5 Å². The molecule has 0 bridgehead atoms. The van der Waals surface area contributed by atoms with Gasteiger partial charge in [-0.25, -0.2) is 13.2 Å². The second-order valence-electron chi connectivity index (χ2n) is 5.90. The van der Waals surface area contributed by atoms with Gasteiger partial charge in [0.15, 0.2) is 11.6 Å². The van der Waals surface area contributed by atoms with E-state index in [2.05, 4.69) is 0 Å². The number of fused-ring (bicyclic) bond motifs is 1. The molecule has 0 radical (unpaired) electrons. The van der Waals surface area contributed by atoms with Crippen molar-refractivity contribution in [1.29, 1.82) is 0 Å². The van der Waals surface area contributed by atoms with Crippen LogP contribution in [-0.4, -0.2) is 6.61 Å². The van der Waals surface area contributed by atoms with E-state index in [0.717, 1.165) is 0 Å². The maximum Gasteiger partial charge on any atom is 0.169 e. The van der Waals surface area contributed by atoms with Gasteiger partial charge in [0.1, 0.15) is 11.6 Å². The third kappa shape index (κ3) is 3.21. The molecular formula is C21H19F3O. The first-order chi connectivity index (χ1) is 12.1. The molecule has 0 aliphatic heterocycles. The van der Waals surface area contributed by atoms with E-state index in [1.165, 1.54) is 6.07 Å². The quantitative estimate of drug-likeness (QED) is 0.529. The van der Waals surface area contributed by atoms with E-state index in [4.69, 9.17) is 4.74 Å². The van der Waals surface area contributed by atoms with Gasteiger partial charge in [-0.15, -0.1) is 0 Å². The van der Waals surface area contributed by atoms with Crippen molar-refractivity contribution in [3.63, 3.8) is 0 Å². The Bertz CT molecular complexity index is 901. The molecule has 0 spiro atoms. The summed E-state index contributed by atoms with van der Waals surface area (Å²) in [6.45, 7) is 4.30. The highest BCUT2D eigenvalue weighted by Gasteiger charge is 2.19. The molecule has 0 fully saturated rings. The van der Waals surface area contributed by atoms with Crippen LogP contribution in [0, 0.1) is 17.5 Å². The van der Waals surface area contributed by atoms with Gasteiger partial charge >= 0.3 is 0 Å². The molecule has 25 heavy (non-hydrogen) atoms. The third-order valence-electron chi connectivity index (χ3n) is 4.19. The van der Waals surface area contributed by atoms with Crippen molar-refractivity contribution in [2.24, 2.45) is 0 Å². The van der Waals surface area contributed by atoms with Crippen LogP contribution < -0.4 is 4.74 Å². The minimum Gasteiger partial charge on any atom is -0.494 e. The number of rotatable bonds is 5. The van der Waals surface area contributed by atoms with Gasteiger partial charge in [0.25, 0.3) is 0 Å². The fraction of sp³-hybridized carbons (Fsp3) is 0.238. The lowest BCUT2D eigenvalue weighted by atomic mass is 9.97. The second kappa shape index (κ2) is 7.18. The van der Waals surface area contributed by atoms with Crippen LogP contribution in [0.5, 0.6) is 5.75 Å². The molecule has 0 aliphatic rings. The lowest BCUT2D eigenvalue weighted by Crippen LogP contribution is -1.99. The van der Waals surface area contributed by atoms with Crippen LogP contribution in [0.4, 0.5) is 13.2 Å². The predicted octanol–water partition coefficient (Wildman–Crippen LogP) is 6.28. The number of benzene rings is 3. The zero-order valence-corrected chi connectivity index (χ0v) is 14.2. The lowest BCUT2D eigenvalue weighted by Gasteiger charge is -2.11. The molecule has 0 unspecified atom stereocenters. The van der Waals surface area contributed by atoms with Gasteiger partial charge in [0, 0.05) is 5.56 Å². The molecule has 130 valence electrons. The van der Waals surface area contributed by atoms with Gasteiger partial charge in [-0.2, -0.15) is 0 Å². The SMILES string of the molecule is CCCc1cc2ccc(-c3ccc(OCC)cc3)c(F)c2c(F)c1F. The van der Waals surface area contributed by atoms with Crippen LogP contribution >= 0.6 is 0 Å². The Morgan fingerprint density at radius 2 is 1.56 bits per heavy atom. The maximum absolute atomic E-state index is 14.9. The standard InChI is InChI=1S/C21H19F3O/c1-3-5-15-12-14-8-11-17(20(23)18(14)21(24)19(15)22)13-6-9-16(10-7-13)25-4-2/h6-12H,3-5H2,1-2H3. The first-order valence-corrected chi connectivity index (χ1v) is 8.39. The van der Waals surface area contributed by atoms with Gasteiger partial charge < -0.3 is 4.74 Å². The van der Waals surface area contributed by atoms with Crippen molar-refractivity contribution in [2.45, 2.75) is 26.7 Å². The van der Waals surface area contributed by atoms with Gasteiger partial charge in [0.05, 0.1) is 12.0 Å². The number of halogens is 3. The summed E-state index contributed by atoms with van der Waals surface area (Å²) >= 11 is 0. The monoisotopic (exact) mass is 344 g/mol. The highest BCUT2D eigenvalue weighted by molar-refractivity contribution is 5.89. The van der Waals surface area contributed by atoms with Gasteiger partial charge in [-0.1, -0.05) is 37.6 Å². The first kappa shape index (κ1) is 17.3. The van der Waals surface area contributed by atoms with E-state index in [1.807, 2.05) is 13.8 Å². The van der Waals surface area contributed by atoms with E-state index in [1.54, 1.807) is 36.4 Å². The number of ether oxygens (including phenoxy) is 1. The third-order valence-corrected chi connectivity index (χ3v) is 4.19. The fourth-order valence-electron chi connectivity index (χ4n) is 3.01. The van der Waals surface area contributed by atoms with Crippen molar-refractivity contribution in [3.05, 3.63) is 65.5 Å². The summed E-state index contributed by atoms with van der Waals surface area (Å²) in [6, 6.07) is 11.6. The molecule has 0 aromatic heterocycles. The van der Waals surface area contributed by atoms with Crippen molar-refractivity contribution in [2.75, 3.05) is 6.61 Å². The van der Waals surface area contributed by atoms with Crippen LogP contribution in [0.3, 0.4) is 0 Å². The summed E-state index contributed by atoms with van der Waals surface area (Å²) in [5.41, 5.74) is 1.10. The summed E-state index contributed by atoms with van der Waals surface area (Å²) in [5, 5.41) is 0.0678. The van der Waals surface area contributed by atoms with Gasteiger partial charge in [-0.05, 0) is 48.1 Å². The average molecular weight is 344 g/mol. The molecule has 0 amide bonds. The molecule has 0 aliphatic carbocycles. The summed E-state index contributed by atoms with van der Waals surface area (Å²) in [4.78, 5) is 0. The molecule has 4 heteroatoms. The normalized spacial score (nSPS) is 11.1.